The fourth-order valence-corrected chi connectivity index (χ4v) is 5.42. The number of carbonyl (C=O) groups excluding carboxylic acids is 1. The Hall–Kier alpha value is -0.610. The molecule has 0 spiro atoms. The molecule has 3 saturated carbocycles. The summed E-state index contributed by atoms with van der Waals surface area (Å²) in [5.41, 5.74) is 6.34. The zero-order valence-electron chi connectivity index (χ0n) is 13.6. The highest BCUT2D eigenvalue weighted by molar-refractivity contribution is 5.80. The van der Waals surface area contributed by atoms with Crippen LogP contribution in [0, 0.1) is 17.8 Å². The largest absolute Gasteiger partial charge is 0.375 e. The molecule has 22 heavy (non-hydrogen) atoms. The SMILES string of the molecule is NC1C2CCC(C2)C1C(=O)N1CCC(OC2CCCC2)CC1. The molecule has 1 amide bonds. The van der Waals surface area contributed by atoms with E-state index in [-0.39, 0.29) is 12.0 Å². The van der Waals surface area contributed by atoms with Gasteiger partial charge in [0.2, 0.25) is 5.91 Å². The second kappa shape index (κ2) is 6.12. The van der Waals surface area contributed by atoms with Crippen molar-refractivity contribution in [3.05, 3.63) is 0 Å². The van der Waals surface area contributed by atoms with E-state index < -0.39 is 0 Å². The Morgan fingerprint density at radius 3 is 2.18 bits per heavy atom. The topological polar surface area (TPSA) is 55.6 Å². The number of nitrogens with two attached hydrogens (primary N) is 1. The van der Waals surface area contributed by atoms with E-state index >= 15 is 0 Å². The Bertz CT molecular complexity index is 411. The van der Waals surface area contributed by atoms with Crippen molar-refractivity contribution >= 4 is 5.91 Å². The van der Waals surface area contributed by atoms with Gasteiger partial charge in [-0.3, -0.25) is 4.79 Å². The highest BCUT2D eigenvalue weighted by Gasteiger charge is 2.50. The average molecular weight is 306 g/mol. The summed E-state index contributed by atoms with van der Waals surface area (Å²) in [5, 5.41) is 0. The van der Waals surface area contributed by atoms with E-state index in [0.717, 1.165) is 25.9 Å². The lowest BCUT2D eigenvalue weighted by molar-refractivity contribution is -0.141. The summed E-state index contributed by atoms with van der Waals surface area (Å²) >= 11 is 0. The molecule has 3 aliphatic carbocycles. The van der Waals surface area contributed by atoms with Crippen LogP contribution in [0.4, 0.5) is 0 Å². The van der Waals surface area contributed by atoms with Gasteiger partial charge in [-0.15, -0.1) is 0 Å². The van der Waals surface area contributed by atoms with Crippen LogP contribution in [0.1, 0.15) is 57.8 Å². The third kappa shape index (κ3) is 2.69. The fourth-order valence-electron chi connectivity index (χ4n) is 5.42. The van der Waals surface area contributed by atoms with Crippen molar-refractivity contribution in [1.29, 1.82) is 0 Å². The number of fused-ring (bicyclic) bond motifs is 2. The van der Waals surface area contributed by atoms with E-state index in [4.69, 9.17) is 10.5 Å². The van der Waals surface area contributed by atoms with Crippen LogP contribution in [0.2, 0.25) is 0 Å². The van der Waals surface area contributed by atoms with Crippen molar-refractivity contribution in [3.8, 4) is 0 Å². The maximum atomic E-state index is 12.9. The van der Waals surface area contributed by atoms with Crippen LogP contribution in [0.25, 0.3) is 0 Å². The zero-order valence-corrected chi connectivity index (χ0v) is 13.6. The van der Waals surface area contributed by atoms with Crippen molar-refractivity contribution in [2.75, 3.05) is 13.1 Å². The van der Waals surface area contributed by atoms with Gasteiger partial charge in [0.25, 0.3) is 0 Å². The number of rotatable bonds is 3. The third-order valence-electron chi connectivity index (χ3n) is 6.71. The molecule has 4 fully saturated rings. The van der Waals surface area contributed by atoms with E-state index in [1.165, 1.54) is 44.9 Å². The molecular formula is C18H30N2O2. The minimum Gasteiger partial charge on any atom is -0.375 e. The van der Waals surface area contributed by atoms with Crippen molar-refractivity contribution in [1.82, 2.24) is 4.90 Å². The number of hydrogen-bond donors (Lipinski definition) is 1. The highest BCUT2D eigenvalue weighted by Crippen LogP contribution is 2.48. The number of amides is 1. The van der Waals surface area contributed by atoms with Gasteiger partial charge in [0.15, 0.2) is 0 Å². The molecule has 2 bridgehead atoms. The van der Waals surface area contributed by atoms with Gasteiger partial charge in [-0.05, 0) is 56.8 Å². The van der Waals surface area contributed by atoms with Crippen LogP contribution in [0.3, 0.4) is 0 Å². The Morgan fingerprint density at radius 2 is 1.55 bits per heavy atom. The predicted molar refractivity (Wildman–Crippen MR) is 85.2 cm³/mol. The molecule has 4 nitrogen and oxygen atoms in total. The van der Waals surface area contributed by atoms with Gasteiger partial charge in [-0.1, -0.05) is 12.8 Å². The minimum atomic E-state index is 0.117. The summed E-state index contributed by atoms with van der Waals surface area (Å²) in [6, 6.07) is 0.124. The maximum absolute atomic E-state index is 12.9. The number of carbonyl (C=O) groups is 1. The smallest absolute Gasteiger partial charge is 0.227 e. The first-order chi connectivity index (χ1) is 10.7. The first kappa shape index (κ1) is 14.9. The molecule has 0 radical (unpaired) electrons. The minimum absolute atomic E-state index is 0.117. The summed E-state index contributed by atoms with van der Waals surface area (Å²) in [7, 11) is 0. The molecule has 4 unspecified atom stereocenters. The zero-order chi connectivity index (χ0) is 15.1. The standard InChI is InChI=1S/C18H30N2O2/c19-17-13-6-5-12(11-13)16(17)18(21)20-9-7-15(8-10-20)22-14-3-1-2-4-14/h12-17H,1-11,19H2. The molecule has 4 rings (SSSR count). The molecule has 1 aliphatic heterocycles. The lowest BCUT2D eigenvalue weighted by Crippen LogP contribution is -2.50. The van der Waals surface area contributed by atoms with E-state index in [1.54, 1.807) is 0 Å². The van der Waals surface area contributed by atoms with Crippen LogP contribution in [-0.4, -0.2) is 42.1 Å². The molecule has 1 heterocycles. The monoisotopic (exact) mass is 306 g/mol. The first-order valence-corrected chi connectivity index (χ1v) is 9.42. The highest BCUT2D eigenvalue weighted by atomic mass is 16.5. The lowest BCUT2D eigenvalue weighted by Gasteiger charge is -2.37. The predicted octanol–water partition coefficient (Wildman–Crippen LogP) is 2.31. The Morgan fingerprint density at radius 1 is 0.909 bits per heavy atom. The van der Waals surface area contributed by atoms with Gasteiger partial charge in [0.05, 0.1) is 18.1 Å². The first-order valence-electron chi connectivity index (χ1n) is 9.42. The molecule has 0 aromatic rings. The van der Waals surface area contributed by atoms with Gasteiger partial charge < -0.3 is 15.4 Å². The lowest BCUT2D eigenvalue weighted by atomic mass is 9.83. The summed E-state index contributed by atoms with van der Waals surface area (Å²) in [5.74, 6) is 1.65. The number of hydrogen-bond acceptors (Lipinski definition) is 3. The molecule has 4 aliphatic rings. The fraction of sp³-hybridized carbons (Fsp3) is 0.944. The molecule has 2 N–H and O–H groups in total. The number of ether oxygens (including phenoxy) is 1. The average Bonchev–Trinajstić information content (AvgIpc) is 3.24. The second-order valence-electron chi connectivity index (χ2n) is 8.00. The number of piperidine rings is 1. The van der Waals surface area contributed by atoms with Crippen molar-refractivity contribution in [3.63, 3.8) is 0 Å². The van der Waals surface area contributed by atoms with Crippen LogP contribution < -0.4 is 5.73 Å². The Kier molecular flexibility index (Phi) is 4.16. The molecule has 4 atom stereocenters. The summed E-state index contributed by atoms with van der Waals surface area (Å²) in [6.07, 6.45) is 11.7. The van der Waals surface area contributed by atoms with Crippen LogP contribution in [-0.2, 0) is 9.53 Å². The van der Waals surface area contributed by atoms with Crippen LogP contribution >= 0.6 is 0 Å². The molecule has 124 valence electrons. The van der Waals surface area contributed by atoms with Gasteiger partial charge >= 0.3 is 0 Å². The van der Waals surface area contributed by atoms with Gasteiger partial charge in [-0.25, -0.2) is 0 Å². The molecular weight excluding hydrogens is 276 g/mol. The molecule has 0 aromatic heterocycles. The molecule has 1 saturated heterocycles. The van der Waals surface area contributed by atoms with Crippen molar-refractivity contribution < 1.29 is 9.53 Å². The second-order valence-corrected chi connectivity index (χ2v) is 8.00. The number of nitrogens with zero attached hydrogens (tertiary/aromatic N) is 1. The van der Waals surface area contributed by atoms with Gasteiger partial charge in [0, 0.05) is 19.1 Å². The van der Waals surface area contributed by atoms with E-state index in [2.05, 4.69) is 4.90 Å². The normalized spacial score (nSPS) is 39.8. The summed E-state index contributed by atoms with van der Waals surface area (Å²) in [4.78, 5) is 14.9. The van der Waals surface area contributed by atoms with E-state index in [9.17, 15) is 4.79 Å². The summed E-state index contributed by atoms with van der Waals surface area (Å²) in [6.45, 7) is 1.74. The van der Waals surface area contributed by atoms with E-state index in [1.807, 2.05) is 0 Å². The van der Waals surface area contributed by atoms with Crippen LogP contribution in [0.15, 0.2) is 0 Å². The number of likely N-dealkylation sites (tertiary alicyclic amines) is 1. The van der Waals surface area contributed by atoms with Crippen molar-refractivity contribution in [2.24, 2.45) is 23.5 Å². The Labute approximate surface area is 133 Å². The third-order valence-corrected chi connectivity index (χ3v) is 6.71. The van der Waals surface area contributed by atoms with Crippen LogP contribution in [0.5, 0.6) is 0 Å². The van der Waals surface area contributed by atoms with Crippen molar-refractivity contribution in [2.45, 2.75) is 76.0 Å². The molecule has 0 aromatic carbocycles. The Balaban J connectivity index is 1.29. The van der Waals surface area contributed by atoms with Gasteiger partial charge in [-0.2, -0.15) is 0 Å². The quantitative estimate of drug-likeness (QED) is 0.870. The maximum Gasteiger partial charge on any atom is 0.227 e. The molecule has 4 heteroatoms. The summed E-state index contributed by atoms with van der Waals surface area (Å²) < 4.78 is 6.21. The van der Waals surface area contributed by atoms with E-state index in [0.29, 0.717) is 30.0 Å². The van der Waals surface area contributed by atoms with Gasteiger partial charge in [0.1, 0.15) is 0 Å².